The largest absolute Gasteiger partial charge is 0.494 e. The monoisotopic (exact) mass is 657 g/mol. The molecule has 0 spiro atoms. The van der Waals surface area contributed by atoms with Crippen LogP contribution in [-0.2, 0) is 26.0 Å². The topological polar surface area (TPSA) is 96.0 Å². The summed E-state index contributed by atoms with van der Waals surface area (Å²) in [4.78, 5) is 28.9. The van der Waals surface area contributed by atoms with Crippen LogP contribution in [0.2, 0.25) is 0 Å². The standard InChI is InChI=1S/C32H40BrN3O5S/c1-4-7-22-34-32(38)30(5-2)35(23-21-25-11-9-8-10-12-25)31(37)24-36(27-15-17-28(18-16-27)41-6-3)42(39,40)29-19-13-26(33)14-20-29/h8-20,30H,4-7,21-24H2,1-3H3,(H,34,38)/t30-/m0/s1. The quantitative estimate of drug-likeness (QED) is 0.196. The molecule has 0 bridgehead atoms. The van der Waals surface area contributed by atoms with Crippen LogP contribution in [-0.4, -0.2) is 57.4 Å². The van der Waals surface area contributed by atoms with Crippen LogP contribution < -0.4 is 14.4 Å². The van der Waals surface area contributed by atoms with Crippen LogP contribution in [0.5, 0.6) is 5.75 Å². The molecule has 226 valence electrons. The van der Waals surface area contributed by atoms with Crippen LogP contribution in [0.25, 0.3) is 0 Å². The maximum Gasteiger partial charge on any atom is 0.264 e. The molecular weight excluding hydrogens is 618 g/mol. The normalized spacial score (nSPS) is 11.9. The van der Waals surface area contributed by atoms with Gasteiger partial charge in [-0.1, -0.05) is 66.5 Å². The molecule has 42 heavy (non-hydrogen) atoms. The van der Waals surface area contributed by atoms with Gasteiger partial charge in [0.25, 0.3) is 10.0 Å². The SMILES string of the molecule is CCCCNC(=O)[C@H](CC)N(CCc1ccccc1)C(=O)CN(c1ccc(OCC)cc1)S(=O)(=O)c1ccc(Br)cc1. The molecule has 0 heterocycles. The van der Waals surface area contributed by atoms with Gasteiger partial charge in [-0.05, 0) is 80.3 Å². The molecule has 0 aliphatic carbocycles. The average molecular weight is 659 g/mol. The highest BCUT2D eigenvalue weighted by Crippen LogP contribution is 2.27. The van der Waals surface area contributed by atoms with Gasteiger partial charge in [0.1, 0.15) is 18.3 Å². The maximum atomic E-state index is 14.1. The van der Waals surface area contributed by atoms with Gasteiger partial charge in [0.2, 0.25) is 11.8 Å². The van der Waals surface area contributed by atoms with Crippen molar-refractivity contribution in [2.45, 2.75) is 57.4 Å². The van der Waals surface area contributed by atoms with E-state index in [4.69, 9.17) is 4.74 Å². The smallest absolute Gasteiger partial charge is 0.264 e. The summed E-state index contributed by atoms with van der Waals surface area (Å²) < 4.78 is 35.3. The molecular formula is C32H40BrN3O5S. The lowest BCUT2D eigenvalue weighted by molar-refractivity contribution is -0.139. The minimum atomic E-state index is -4.14. The molecule has 3 aromatic carbocycles. The van der Waals surface area contributed by atoms with E-state index in [1.807, 2.05) is 51.1 Å². The number of unbranched alkanes of at least 4 members (excludes halogenated alkanes) is 1. The summed E-state index contributed by atoms with van der Waals surface area (Å²) in [7, 11) is -4.14. The Morgan fingerprint density at radius 3 is 2.19 bits per heavy atom. The maximum absolute atomic E-state index is 14.1. The zero-order chi connectivity index (χ0) is 30.5. The van der Waals surface area contributed by atoms with E-state index in [0.29, 0.717) is 37.4 Å². The van der Waals surface area contributed by atoms with Crippen molar-refractivity contribution in [2.24, 2.45) is 0 Å². The predicted octanol–water partition coefficient (Wildman–Crippen LogP) is 5.81. The van der Waals surface area contributed by atoms with Gasteiger partial charge in [-0.25, -0.2) is 8.42 Å². The molecule has 2 amide bonds. The number of nitrogens with one attached hydrogen (secondary N) is 1. The summed E-state index contributed by atoms with van der Waals surface area (Å²) in [6.07, 6.45) is 2.67. The molecule has 0 aliphatic rings. The molecule has 1 atom stereocenters. The van der Waals surface area contributed by atoms with Crippen molar-refractivity contribution < 1.29 is 22.7 Å². The Hall–Kier alpha value is -3.37. The van der Waals surface area contributed by atoms with E-state index in [1.54, 1.807) is 36.4 Å². The van der Waals surface area contributed by atoms with Gasteiger partial charge in [-0.3, -0.25) is 13.9 Å². The zero-order valence-corrected chi connectivity index (χ0v) is 26.9. The Labute approximate surface area is 258 Å². The second kappa shape index (κ2) is 16.3. The first-order valence-corrected chi connectivity index (χ1v) is 16.6. The molecule has 0 saturated carbocycles. The van der Waals surface area contributed by atoms with Crippen molar-refractivity contribution in [2.75, 3.05) is 30.5 Å². The summed E-state index contributed by atoms with van der Waals surface area (Å²) >= 11 is 3.35. The van der Waals surface area contributed by atoms with E-state index < -0.39 is 28.5 Å². The molecule has 3 aromatic rings. The molecule has 0 aliphatic heterocycles. The fourth-order valence-electron chi connectivity index (χ4n) is 4.54. The fourth-order valence-corrected chi connectivity index (χ4v) is 6.22. The summed E-state index contributed by atoms with van der Waals surface area (Å²) in [5, 5.41) is 2.95. The number of nitrogens with zero attached hydrogens (tertiary/aromatic N) is 2. The Morgan fingerprint density at radius 1 is 0.929 bits per heavy atom. The van der Waals surface area contributed by atoms with Gasteiger partial charge in [-0.15, -0.1) is 0 Å². The van der Waals surface area contributed by atoms with E-state index in [2.05, 4.69) is 21.2 Å². The minimum absolute atomic E-state index is 0.0487. The molecule has 1 N–H and O–H groups in total. The molecule has 8 nitrogen and oxygen atoms in total. The second-order valence-electron chi connectivity index (χ2n) is 9.78. The van der Waals surface area contributed by atoms with Crippen molar-refractivity contribution >= 4 is 43.5 Å². The summed E-state index contributed by atoms with van der Waals surface area (Å²) in [6, 6.07) is 21.8. The summed E-state index contributed by atoms with van der Waals surface area (Å²) in [5.41, 5.74) is 1.33. The fraction of sp³-hybridized carbons (Fsp3) is 0.375. The van der Waals surface area contributed by atoms with Crippen LogP contribution in [0.4, 0.5) is 5.69 Å². The van der Waals surface area contributed by atoms with Crippen molar-refractivity contribution in [3.05, 3.63) is 88.9 Å². The lowest BCUT2D eigenvalue weighted by atomic mass is 10.1. The number of carbonyl (C=O) groups is 2. The van der Waals surface area contributed by atoms with Gasteiger partial charge in [-0.2, -0.15) is 0 Å². The first-order chi connectivity index (χ1) is 20.2. The van der Waals surface area contributed by atoms with Crippen molar-refractivity contribution in [1.82, 2.24) is 10.2 Å². The third-order valence-corrected chi connectivity index (χ3v) is 9.13. The van der Waals surface area contributed by atoms with Crippen molar-refractivity contribution in [3.63, 3.8) is 0 Å². The van der Waals surface area contributed by atoms with Crippen molar-refractivity contribution in [1.29, 1.82) is 0 Å². The molecule has 0 unspecified atom stereocenters. The van der Waals surface area contributed by atoms with E-state index in [1.165, 1.54) is 17.0 Å². The lowest BCUT2D eigenvalue weighted by Gasteiger charge is -2.33. The summed E-state index contributed by atoms with van der Waals surface area (Å²) in [5.74, 6) is -0.110. The van der Waals surface area contributed by atoms with E-state index in [9.17, 15) is 18.0 Å². The minimum Gasteiger partial charge on any atom is -0.494 e. The Bertz CT molecular complexity index is 1380. The number of carbonyl (C=O) groups excluding carboxylic acids is 2. The highest BCUT2D eigenvalue weighted by Gasteiger charge is 2.33. The number of halogens is 1. The van der Waals surface area contributed by atoms with E-state index in [0.717, 1.165) is 27.2 Å². The van der Waals surface area contributed by atoms with E-state index in [-0.39, 0.29) is 17.3 Å². The van der Waals surface area contributed by atoms with Gasteiger partial charge in [0.15, 0.2) is 0 Å². The number of anilines is 1. The third kappa shape index (κ3) is 9.06. The predicted molar refractivity (Wildman–Crippen MR) is 170 cm³/mol. The zero-order valence-electron chi connectivity index (χ0n) is 24.5. The number of benzene rings is 3. The van der Waals surface area contributed by atoms with Crippen LogP contribution >= 0.6 is 15.9 Å². The number of sulfonamides is 1. The summed E-state index contributed by atoms with van der Waals surface area (Å²) in [6.45, 7) is 6.54. The first kappa shape index (κ1) is 33.1. The Kier molecular flexibility index (Phi) is 12.9. The number of ether oxygens (including phenoxy) is 1. The van der Waals surface area contributed by atoms with Crippen LogP contribution in [0.1, 0.15) is 45.6 Å². The highest BCUT2D eigenvalue weighted by molar-refractivity contribution is 9.10. The Morgan fingerprint density at radius 2 is 1.60 bits per heavy atom. The number of rotatable bonds is 16. The molecule has 0 radical (unpaired) electrons. The highest BCUT2D eigenvalue weighted by atomic mass is 79.9. The van der Waals surface area contributed by atoms with Gasteiger partial charge in [0.05, 0.1) is 17.2 Å². The van der Waals surface area contributed by atoms with Crippen molar-refractivity contribution in [3.8, 4) is 5.75 Å². The first-order valence-electron chi connectivity index (χ1n) is 14.3. The Balaban J connectivity index is 1.99. The van der Waals surface area contributed by atoms with Gasteiger partial charge >= 0.3 is 0 Å². The van der Waals surface area contributed by atoms with E-state index >= 15 is 0 Å². The number of hydrogen-bond donors (Lipinski definition) is 1. The molecule has 0 saturated heterocycles. The molecule has 0 fully saturated rings. The van der Waals surface area contributed by atoms with Gasteiger partial charge in [0, 0.05) is 17.6 Å². The third-order valence-electron chi connectivity index (χ3n) is 6.82. The molecule has 10 heteroatoms. The van der Waals surface area contributed by atoms with Crippen LogP contribution in [0.3, 0.4) is 0 Å². The van der Waals surface area contributed by atoms with Crippen LogP contribution in [0.15, 0.2) is 88.2 Å². The average Bonchev–Trinajstić information content (AvgIpc) is 2.99. The van der Waals surface area contributed by atoms with Gasteiger partial charge < -0.3 is 15.0 Å². The molecule has 0 aromatic heterocycles. The second-order valence-corrected chi connectivity index (χ2v) is 12.6. The number of amides is 2. The van der Waals surface area contributed by atoms with Crippen LogP contribution in [0, 0.1) is 0 Å². The lowest BCUT2D eigenvalue weighted by Crippen LogP contribution is -2.53. The molecule has 3 rings (SSSR count). The number of hydrogen-bond acceptors (Lipinski definition) is 5.